The van der Waals surface area contributed by atoms with Gasteiger partial charge in [0.15, 0.2) is 0 Å². The Bertz CT molecular complexity index is 423. The molecular formula is C15H21ClN2. The summed E-state index contributed by atoms with van der Waals surface area (Å²) in [7, 11) is 0. The highest BCUT2D eigenvalue weighted by Crippen LogP contribution is 2.39. The van der Waals surface area contributed by atoms with E-state index in [4.69, 9.17) is 11.6 Å². The summed E-state index contributed by atoms with van der Waals surface area (Å²) in [5.74, 6) is 0. The van der Waals surface area contributed by atoms with Gasteiger partial charge in [0.1, 0.15) is 0 Å². The van der Waals surface area contributed by atoms with E-state index in [0.29, 0.717) is 5.41 Å². The van der Waals surface area contributed by atoms with Gasteiger partial charge in [0.05, 0.1) is 11.4 Å². The van der Waals surface area contributed by atoms with E-state index in [1.807, 2.05) is 12.1 Å². The van der Waals surface area contributed by atoms with Crippen molar-refractivity contribution in [2.75, 3.05) is 23.7 Å². The summed E-state index contributed by atoms with van der Waals surface area (Å²) >= 11 is 6.07. The molecule has 1 saturated carbocycles. The molecule has 1 spiro atoms. The Hall–Kier alpha value is -0.890. The highest BCUT2D eigenvalue weighted by molar-refractivity contribution is 6.31. The number of halogens is 1. The Morgan fingerprint density at radius 2 is 1.56 bits per heavy atom. The minimum absolute atomic E-state index is 0.433. The fourth-order valence-corrected chi connectivity index (χ4v) is 3.45. The SMILES string of the molecule is Clc1ccc2c(c1)NCC1(CCCCCC1)CN2. The first-order valence-corrected chi connectivity index (χ1v) is 7.43. The number of hydrogen-bond donors (Lipinski definition) is 2. The third-order valence-electron chi connectivity index (χ3n) is 4.45. The maximum Gasteiger partial charge on any atom is 0.0591 e. The number of benzene rings is 1. The predicted octanol–water partition coefficient (Wildman–Crippen LogP) is 4.52. The molecule has 18 heavy (non-hydrogen) atoms. The third kappa shape index (κ3) is 2.44. The van der Waals surface area contributed by atoms with E-state index in [2.05, 4.69) is 16.7 Å². The van der Waals surface area contributed by atoms with Crippen LogP contribution in [0.15, 0.2) is 18.2 Å². The third-order valence-corrected chi connectivity index (χ3v) is 4.69. The second kappa shape index (κ2) is 5.00. The molecule has 3 heteroatoms. The molecule has 1 heterocycles. The Balaban J connectivity index is 1.81. The lowest BCUT2D eigenvalue weighted by Crippen LogP contribution is -2.34. The van der Waals surface area contributed by atoms with Crippen molar-refractivity contribution < 1.29 is 0 Å². The van der Waals surface area contributed by atoms with Gasteiger partial charge in [-0.05, 0) is 31.0 Å². The van der Waals surface area contributed by atoms with Gasteiger partial charge in [-0.25, -0.2) is 0 Å². The van der Waals surface area contributed by atoms with E-state index in [9.17, 15) is 0 Å². The summed E-state index contributed by atoms with van der Waals surface area (Å²) in [6.45, 7) is 2.17. The Morgan fingerprint density at radius 3 is 2.28 bits per heavy atom. The Kier molecular flexibility index (Phi) is 3.38. The molecule has 1 aliphatic heterocycles. The van der Waals surface area contributed by atoms with Crippen molar-refractivity contribution in [3.8, 4) is 0 Å². The van der Waals surface area contributed by atoms with Crippen molar-refractivity contribution in [2.24, 2.45) is 5.41 Å². The minimum Gasteiger partial charge on any atom is -0.383 e. The smallest absolute Gasteiger partial charge is 0.0591 e. The number of nitrogens with one attached hydrogen (secondary N) is 2. The molecule has 2 aliphatic rings. The monoisotopic (exact) mass is 264 g/mol. The van der Waals surface area contributed by atoms with Gasteiger partial charge < -0.3 is 10.6 Å². The number of fused-ring (bicyclic) bond motifs is 1. The lowest BCUT2D eigenvalue weighted by Gasteiger charge is -2.31. The molecule has 1 aromatic rings. The van der Waals surface area contributed by atoms with Crippen molar-refractivity contribution in [3.63, 3.8) is 0 Å². The predicted molar refractivity (Wildman–Crippen MR) is 78.6 cm³/mol. The van der Waals surface area contributed by atoms with E-state index in [1.165, 1.54) is 44.2 Å². The summed E-state index contributed by atoms with van der Waals surface area (Å²) < 4.78 is 0. The van der Waals surface area contributed by atoms with Crippen molar-refractivity contribution in [2.45, 2.75) is 38.5 Å². The van der Waals surface area contributed by atoms with Gasteiger partial charge in [0, 0.05) is 23.5 Å². The molecule has 98 valence electrons. The van der Waals surface area contributed by atoms with Crippen LogP contribution in [0.4, 0.5) is 11.4 Å². The Morgan fingerprint density at radius 1 is 0.889 bits per heavy atom. The normalized spacial score (nSPS) is 22.3. The largest absolute Gasteiger partial charge is 0.383 e. The van der Waals surface area contributed by atoms with Crippen molar-refractivity contribution in [1.29, 1.82) is 0 Å². The molecule has 0 bridgehead atoms. The van der Waals surface area contributed by atoms with Crippen molar-refractivity contribution in [1.82, 2.24) is 0 Å². The van der Waals surface area contributed by atoms with Gasteiger partial charge in [-0.1, -0.05) is 37.3 Å². The van der Waals surface area contributed by atoms with E-state index >= 15 is 0 Å². The zero-order chi connectivity index (χ0) is 12.4. The second-order valence-corrected chi connectivity index (χ2v) is 6.25. The number of hydrogen-bond acceptors (Lipinski definition) is 2. The molecule has 0 amide bonds. The maximum atomic E-state index is 6.07. The zero-order valence-electron chi connectivity index (χ0n) is 10.8. The molecule has 0 unspecified atom stereocenters. The summed E-state index contributed by atoms with van der Waals surface area (Å²) in [6, 6.07) is 6.07. The molecule has 1 fully saturated rings. The summed E-state index contributed by atoms with van der Waals surface area (Å²) in [5.41, 5.74) is 2.78. The second-order valence-electron chi connectivity index (χ2n) is 5.81. The fraction of sp³-hybridized carbons (Fsp3) is 0.600. The van der Waals surface area contributed by atoms with Gasteiger partial charge >= 0.3 is 0 Å². The summed E-state index contributed by atoms with van der Waals surface area (Å²) in [6.07, 6.45) is 8.24. The van der Waals surface area contributed by atoms with Gasteiger partial charge in [-0.15, -0.1) is 0 Å². The summed E-state index contributed by atoms with van der Waals surface area (Å²) in [4.78, 5) is 0. The van der Waals surface area contributed by atoms with E-state index in [-0.39, 0.29) is 0 Å². The standard InChI is InChI=1S/C15H21ClN2/c16-12-5-6-13-14(9-12)18-11-15(10-17-13)7-3-1-2-4-8-15/h5-6,9,17-18H,1-4,7-8,10-11H2. The van der Waals surface area contributed by atoms with Gasteiger partial charge in [-0.2, -0.15) is 0 Å². The molecule has 0 atom stereocenters. The molecule has 1 aliphatic carbocycles. The van der Waals surface area contributed by atoms with E-state index < -0.39 is 0 Å². The van der Waals surface area contributed by atoms with Crippen LogP contribution in [0.5, 0.6) is 0 Å². The highest BCUT2D eigenvalue weighted by atomic mass is 35.5. The molecule has 0 saturated heterocycles. The van der Waals surface area contributed by atoms with Crippen LogP contribution in [-0.4, -0.2) is 13.1 Å². The number of rotatable bonds is 0. The highest BCUT2D eigenvalue weighted by Gasteiger charge is 2.32. The molecule has 2 nitrogen and oxygen atoms in total. The minimum atomic E-state index is 0.433. The van der Waals surface area contributed by atoms with Crippen molar-refractivity contribution in [3.05, 3.63) is 23.2 Å². The molecule has 2 N–H and O–H groups in total. The molecule has 3 rings (SSSR count). The van der Waals surface area contributed by atoms with Gasteiger partial charge in [0.2, 0.25) is 0 Å². The average Bonchev–Trinajstić information content (AvgIpc) is 2.70. The topological polar surface area (TPSA) is 24.1 Å². The summed E-state index contributed by atoms with van der Waals surface area (Å²) in [5, 5.41) is 8.03. The zero-order valence-corrected chi connectivity index (χ0v) is 11.5. The van der Waals surface area contributed by atoms with Crippen LogP contribution in [0.25, 0.3) is 0 Å². The first-order valence-electron chi connectivity index (χ1n) is 7.05. The van der Waals surface area contributed by atoms with Crippen LogP contribution in [0.2, 0.25) is 5.02 Å². The lowest BCUT2D eigenvalue weighted by molar-refractivity contribution is 0.286. The van der Waals surface area contributed by atoms with Crippen molar-refractivity contribution >= 4 is 23.0 Å². The fourth-order valence-electron chi connectivity index (χ4n) is 3.28. The quantitative estimate of drug-likeness (QED) is 0.720. The van der Waals surface area contributed by atoms with Crippen LogP contribution < -0.4 is 10.6 Å². The van der Waals surface area contributed by atoms with E-state index in [0.717, 1.165) is 23.8 Å². The first-order chi connectivity index (χ1) is 8.77. The molecular weight excluding hydrogens is 244 g/mol. The lowest BCUT2D eigenvalue weighted by atomic mass is 9.80. The van der Waals surface area contributed by atoms with Gasteiger partial charge in [0.25, 0.3) is 0 Å². The van der Waals surface area contributed by atoms with Crippen LogP contribution >= 0.6 is 11.6 Å². The van der Waals surface area contributed by atoms with Crippen LogP contribution in [-0.2, 0) is 0 Å². The first kappa shape index (κ1) is 12.2. The van der Waals surface area contributed by atoms with Gasteiger partial charge in [-0.3, -0.25) is 0 Å². The molecule has 1 aromatic carbocycles. The average molecular weight is 265 g/mol. The number of anilines is 2. The van der Waals surface area contributed by atoms with Crippen LogP contribution in [0.3, 0.4) is 0 Å². The molecule has 0 aromatic heterocycles. The Labute approximate surface area is 114 Å². The van der Waals surface area contributed by atoms with Crippen LogP contribution in [0.1, 0.15) is 38.5 Å². The van der Waals surface area contributed by atoms with E-state index in [1.54, 1.807) is 0 Å². The maximum absolute atomic E-state index is 6.07. The van der Waals surface area contributed by atoms with Crippen LogP contribution in [0, 0.1) is 5.41 Å². The molecule has 0 radical (unpaired) electrons.